The maximum atomic E-state index is 12.8. The normalized spacial score (nSPS) is 15.5. The van der Waals surface area contributed by atoms with Gasteiger partial charge in [0, 0.05) is 24.0 Å². The lowest BCUT2D eigenvalue weighted by atomic mass is 10.1. The van der Waals surface area contributed by atoms with Gasteiger partial charge in [-0.15, -0.1) is 0 Å². The lowest BCUT2D eigenvalue weighted by Crippen LogP contribution is -2.40. The fraction of sp³-hybridized carbons (Fsp3) is 0.263. The van der Waals surface area contributed by atoms with Gasteiger partial charge in [-0.2, -0.15) is 4.31 Å². The van der Waals surface area contributed by atoms with Gasteiger partial charge in [0.15, 0.2) is 5.13 Å². The molecule has 1 saturated heterocycles. The van der Waals surface area contributed by atoms with Crippen LogP contribution in [0, 0.1) is 0 Å². The van der Waals surface area contributed by atoms with E-state index in [2.05, 4.69) is 26.2 Å². The number of nitrogens with one attached hydrogen (secondary N) is 1. The summed E-state index contributed by atoms with van der Waals surface area (Å²) in [4.78, 5) is 17.1. The molecule has 0 spiro atoms. The molecule has 152 valence electrons. The zero-order chi connectivity index (χ0) is 20.4. The topological polar surface area (TPSA) is 88.6 Å². The summed E-state index contributed by atoms with van der Waals surface area (Å²) in [6.45, 7) is 1.49. The Morgan fingerprint density at radius 3 is 2.59 bits per heavy atom. The minimum atomic E-state index is -3.58. The number of halogens is 1. The number of thiazole rings is 1. The first-order valence-corrected chi connectivity index (χ1v) is 12.3. The molecule has 1 fully saturated rings. The third kappa shape index (κ3) is 4.36. The van der Waals surface area contributed by atoms with Crippen molar-refractivity contribution in [1.29, 1.82) is 0 Å². The van der Waals surface area contributed by atoms with Crippen LogP contribution < -0.4 is 5.32 Å². The lowest BCUT2D eigenvalue weighted by Gasteiger charge is -2.25. The standard InChI is InChI=1S/C19H18BrN3O4S2/c20-12-13-1-3-14(4-2-13)18(24)22-19-21-16-6-5-15(11-17(16)28-19)29(25,26)23-7-9-27-10-8-23/h1-6,11H,7-10,12H2,(H,21,22,24). The van der Waals surface area contributed by atoms with Gasteiger partial charge in [0.25, 0.3) is 5.91 Å². The van der Waals surface area contributed by atoms with Crippen molar-refractivity contribution < 1.29 is 17.9 Å². The molecule has 0 radical (unpaired) electrons. The van der Waals surface area contributed by atoms with Crippen molar-refractivity contribution in [2.75, 3.05) is 31.6 Å². The second-order valence-corrected chi connectivity index (χ2v) is 9.98. The average Bonchev–Trinajstić information content (AvgIpc) is 3.15. The van der Waals surface area contributed by atoms with Crippen molar-refractivity contribution in [3.05, 3.63) is 53.6 Å². The smallest absolute Gasteiger partial charge is 0.257 e. The van der Waals surface area contributed by atoms with E-state index in [4.69, 9.17) is 4.74 Å². The molecule has 2 heterocycles. The molecule has 4 rings (SSSR count). The summed E-state index contributed by atoms with van der Waals surface area (Å²) in [6, 6.07) is 12.1. The summed E-state index contributed by atoms with van der Waals surface area (Å²) >= 11 is 4.62. The number of benzene rings is 2. The number of fused-ring (bicyclic) bond motifs is 1. The Morgan fingerprint density at radius 2 is 1.90 bits per heavy atom. The number of ether oxygens (including phenoxy) is 1. The summed E-state index contributed by atoms with van der Waals surface area (Å²) in [5, 5.41) is 3.94. The van der Waals surface area contributed by atoms with E-state index >= 15 is 0 Å². The van der Waals surface area contributed by atoms with Crippen LogP contribution in [0.25, 0.3) is 10.2 Å². The molecule has 0 saturated carbocycles. The number of rotatable bonds is 5. The van der Waals surface area contributed by atoms with Crippen molar-refractivity contribution in [1.82, 2.24) is 9.29 Å². The Labute approximate surface area is 180 Å². The second kappa shape index (κ2) is 8.49. The predicted molar refractivity (Wildman–Crippen MR) is 116 cm³/mol. The Kier molecular flexibility index (Phi) is 5.98. The van der Waals surface area contributed by atoms with Gasteiger partial charge in [-0.1, -0.05) is 39.4 Å². The molecule has 10 heteroatoms. The van der Waals surface area contributed by atoms with Gasteiger partial charge in [0.1, 0.15) is 0 Å². The Hall–Kier alpha value is -1.85. The van der Waals surface area contributed by atoms with Crippen LogP contribution in [-0.2, 0) is 20.1 Å². The molecule has 0 aliphatic carbocycles. The van der Waals surface area contributed by atoms with Crippen molar-refractivity contribution in [2.45, 2.75) is 10.2 Å². The number of nitrogens with zero attached hydrogens (tertiary/aromatic N) is 2. The molecule has 0 unspecified atom stereocenters. The Morgan fingerprint density at radius 1 is 1.17 bits per heavy atom. The minimum Gasteiger partial charge on any atom is -0.379 e. The molecular formula is C19H18BrN3O4S2. The molecule has 2 aromatic carbocycles. The van der Waals surface area contributed by atoms with E-state index in [-0.39, 0.29) is 10.8 Å². The van der Waals surface area contributed by atoms with Crippen LogP contribution in [0.3, 0.4) is 0 Å². The van der Waals surface area contributed by atoms with E-state index in [0.717, 1.165) is 10.9 Å². The van der Waals surface area contributed by atoms with Crippen molar-refractivity contribution in [2.24, 2.45) is 0 Å². The molecular weight excluding hydrogens is 478 g/mol. The van der Waals surface area contributed by atoms with Gasteiger partial charge < -0.3 is 4.74 Å². The monoisotopic (exact) mass is 495 g/mol. The van der Waals surface area contributed by atoms with Crippen LogP contribution in [0.15, 0.2) is 47.4 Å². The highest BCUT2D eigenvalue weighted by atomic mass is 79.9. The number of hydrogen-bond acceptors (Lipinski definition) is 6. The predicted octanol–water partition coefficient (Wildman–Crippen LogP) is 3.46. The van der Waals surface area contributed by atoms with Crippen molar-refractivity contribution in [3.8, 4) is 0 Å². The van der Waals surface area contributed by atoms with Crippen LogP contribution in [0.1, 0.15) is 15.9 Å². The summed E-state index contributed by atoms with van der Waals surface area (Å²) in [5.41, 5.74) is 2.25. The Balaban J connectivity index is 1.55. The van der Waals surface area contributed by atoms with Gasteiger partial charge in [0.2, 0.25) is 10.0 Å². The molecule has 0 atom stereocenters. The van der Waals surface area contributed by atoms with Gasteiger partial charge >= 0.3 is 0 Å². The van der Waals surface area contributed by atoms with Gasteiger partial charge in [-0.3, -0.25) is 10.1 Å². The largest absolute Gasteiger partial charge is 0.379 e. The first kappa shape index (κ1) is 20.4. The Bertz CT molecular complexity index is 1140. The number of morpholine rings is 1. The molecule has 0 bridgehead atoms. The number of carbonyl (C=O) groups is 1. The van der Waals surface area contributed by atoms with E-state index in [1.165, 1.54) is 15.6 Å². The zero-order valence-electron chi connectivity index (χ0n) is 15.3. The molecule has 7 nitrogen and oxygen atoms in total. The minimum absolute atomic E-state index is 0.221. The highest BCUT2D eigenvalue weighted by Crippen LogP contribution is 2.29. The zero-order valence-corrected chi connectivity index (χ0v) is 18.5. The van der Waals surface area contributed by atoms with E-state index in [1.807, 2.05) is 12.1 Å². The third-order valence-corrected chi connectivity index (χ3v) is 8.03. The number of amides is 1. The van der Waals surface area contributed by atoms with Crippen molar-refractivity contribution in [3.63, 3.8) is 0 Å². The lowest BCUT2D eigenvalue weighted by molar-refractivity contribution is 0.0730. The molecule has 1 aliphatic heterocycles. The fourth-order valence-electron chi connectivity index (χ4n) is 2.97. The number of hydrogen-bond donors (Lipinski definition) is 1. The highest BCUT2D eigenvalue weighted by molar-refractivity contribution is 9.08. The van der Waals surface area contributed by atoms with Crippen LogP contribution in [0.4, 0.5) is 5.13 Å². The average molecular weight is 496 g/mol. The number of anilines is 1. The number of alkyl halides is 1. The third-order valence-electron chi connectivity index (χ3n) is 4.56. The van der Waals surface area contributed by atoms with E-state index in [9.17, 15) is 13.2 Å². The first-order chi connectivity index (χ1) is 14.0. The van der Waals surface area contributed by atoms with E-state index < -0.39 is 10.0 Å². The number of aromatic nitrogens is 1. The SMILES string of the molecule is O=C(Nc1nc2ccc(S(=O)(=O)N3CCOCC3)cc2s1)c1ccc(CBr)cc1. The van der Waals surface area contributed by atoms with Gasteiger partial charge in [-0.25, -0.2) is 13.4 Å². The molecule has 1 N–H and O–H groups in total. The van der Waals surface area contributed by atoms with E-state index in [1.54, 1.807) is 30.3 Å². The summed E-state index contributed by atoms with van der Waals surface area (Å²) < 4.78 is 33.0. The molecule has 29 heavy (non-hydrogen) atoms. The molecule has 3 aromatic rings. The fourth-order valence-corrected chi connectivity index (χ4v) is 5.75. The number of sulfonamides is 1. The summed E-state index contributed by atoms with van der Waals surface area (Å²) in [5.74, 6) is -0.258. The van der Waals surface area contributed by atoms with Crippen LogP contribution >= 0.6 is 27.3 Å². The van der Waals surface area contributed by atoms with Crippen molar-refractivity contribution >= 4 is 58.5 Å². The van der Waals surface area contributed by atoms with Gasteiger partial charge in [-0.05, 0) is 35.9 Å². The maximum Gasteiger partial charge on any atom is 0.257 e. The van der Waals surface area contributed by atoms with Crippen LogP contribution in [-0.4, -0.2) is 49.9 Å². The maximum absolute atomic E-state index is 12.8. The molecule has 1 aromatic heterocycles. The van der Waals surface area contributed by atoms with E-state index in [0.29, 0.717) is 47.2 Å². The highest BCUT2D eigenvalue weighted by Gasteiger charge is 2.26. The van der Waals surface area contributed by atoms with Crippen LogP contribution in [0.2, 0.25) is 0 Å². The summed E-state index contributed by atoms with van der Waals surface area (Å²) in [6.07, 6.45) is 0. The first-order valence-electron chi connectivity index (χ1n) is 8.92. The molecule has 1 amide bonds. The summed E-state index contributed by atoms with van der Waals surface area (Å²) in [7, 11) is -3.58. The van der Waals surface area contributed by atoms with Crippen LogP contribution in [0.5, 0.6) is 0 Å². The number of carbonyl (C=O) groups excluding carboxylic acids is 1. The quantitative estimate of drug-likeness (QED) is 0.547. The second-order valence-electron chi connectivity index (χ2n) is 6.45. The molecule has 1 aliphatic rings. The van der Waals surface area contributed by atoms with Gasteiger partial charge in [0.05, 0.1) is 28.3 Å².